The van der Waals surface area contributed by atoms with Crippen LogP contribution in [0.15, 0.2) is 12.5 Å². The molecule has 0 saturated carbocycles. The van der Waals surface area contributed by atoms with E-state index in [0.29, 0.717) is 0 Å². The van der Waals surface area contributed by atoms with E-state index in [2.05, 4.69) is 53.6 Å². The molecule has 6 heteroatoms. The van der Waals surface area contributed by atoms with Crippen LogP contribution in [0.3, 0.4) is 0 Å². The SMILES string of the molecule is BrCCCn1nc(I)c2cncnc21. The van der Waals surface area contributed by atoms with Gasteiger partial charge in [0.15, 0.2) is 5.65 Å². The van der Waals surface area contributed by atoms with Gasteiger partial charge in [-0.05, 0) is 29.0 Å². The second kappa shape index (κ2) is 4.52. The average Bonchev–Trinajstić information content (AvgIpc) is 2.54. The second-order valence-corrected chi connectivity index (χ2v) is 4.63. The molecular formula is C8H8BrIN4. The van der Waals surface area contributed by atoms with Crippen molar-refractivity contribution in [1.82, 2.24) is 19.7 Å². The van der Waals surface area contributed by atoms with Crippen LogP contribution in [0.1, 0.15) is 6.42 Å². The average molecular weight is 367 g/mol. The van der Waals surface area contributed by atoms with Crippen LogP contribution in [0.2, 0.25) is 0 Å². The minimum absolute atomic E-state index is 0.891. The highest BCUT2D eigenvalue weighted by molar-refractivity contribution is 14.1. The van der Waals surface area contributed by atoms with Gasteiger partial charge in [-0.2, -0.15) is 5.10 Å². The van der Waals surface area contributed by atoms with E-state index < -0.39 is 0 Å². The van der Waals surface area contributed by atoms with E-state index in [0.717, 1.165) is 33.0 Å². The number of hydrogen-bond acceptors (Lipinski definition) is 3. The number of alkyl halides is 1. The van der Waals surface area contributed by atoms with Gasteiger partial charge in [-0.1, -0.05) is 15.9 Å². The fourth-order valence-corrected chi connectivity index (χ4v) is 2.14. The summed E-state index contributed by atoms with van der Waals surface area (Å²) in [6.07, 6.45) is 4.42. The van der Waals surface area contributed by atoms with Crippen LogP contribution in [-0.2, 0) is 6.54 Å². The smallest absolute Gasteiger partial charge is 0.162 e. The highest BCUT2D eigenvalue weighted by Gasteiger charge is 2.08. The topological polar surface area (TPSA) is 43.6 Å². The summed E-state index contributed by atoms with van der Waals surface area (Å²) in [5.41, 5.74) is 0.922. The van der Waals surface area contributed by atoms with E-state index in [9.17, 15) is 0 Å². The van der Waals surface area contributed by atoms with Crippen LogP contribution < -0.4 is 0 Å². The van der Waals surface area contributed by atoms with Crippen molar-refractivity contribution in [3.05, 3.63) is 16.2 Å². The van der Waals surface area contributed by atoms with Crippen molar-refractivity contribution in [3.8, 4) is 0 Å². The molecule has 0 aliphatic carbocycles. The maximum absolute atomic E-state index is 4.41. The summed E-state index contributed by atoms with van der Waals surface area (Å²) >= 11 is 5.61. The lowest BCUT2D eigenvalue weighted by Crippen LogP contribution is -2.01. The lowest BCUT2D eigenvalue weighted by Gasteiger charge is -1.98. The predicted molar refractivity (Wildman–Crippen MR) is 66.5 cm³/mol. The fourth-order valence-electron chi connectivity index (χ4n) is 1.25. The molecule has 0 saturated heterocycles. The molecule has 0 N–H and O–H groups in total. The number of nitrogens with zero attached hydrogens (tertiary/aromatic N) is 4. The Morgan fingerprint density at radius 1 is 1.50 bits per heavy atom. The van der Waals surface area contributed by atoms with Gasteiger partial charge in [-0.15, -0.1) is 0 Å². The molecule has 0 atom stereocenters. The van der Waals surface area contributed by atoms with Gasteiger partial charge in [0.05, 0.1) is 5.39 Å². The third kappa shape index (κ3) is 1.90. The third-order valence-corrected chi connectivity index (χ3v) is 3.23. The van der Waals surface area contributed by atoms with Gasteiger partial charge in [0.25, 0.3) is 0 Å². The number of fused-ring (bicyclic) bond motifs is 1. The third-order valence-electron chi connectivity index (χ3n) is 1.87. The highest BCUT2D eigenvalue weighted by atomic mass is 127. The van der Waals surface area contributed by atoms with Crippen molar-refractivity contribution in [2.45, 2.75) is 13.0 Å². The van der Waals surface area contributed by atoms with E-state index in [-0.39, 0.29) is 0 Å². The maximum Gasteiger partial charge on any atom is 0.162 e. The Balaban J connectivity index is 2.44. The van der Waals surface area contributed by atoms with E-state index in [1.807, 2.05) is 10.9 Å². The van der Waals surface area contributed by atoms with Crippen molar-refractivity contribution >= 4 is 49.6 Å². The van der Waals surface area contributed by atoms with Crippen molar-refractivity contribution in [2.75, 3.05) is 5.33 Å². The van der Waals surface area contributed by atoms with Gasteiger partial charge in [0, 0.05) is 18.1 Å². The van der Waals surface area contributed by atoms with Crippen LogP contribution in [0.25, 0.3) is 11.0 Å². The van der Waals surface area contributed by atoms with Crippen molar-refractivity contribution in [1.29, 1.82) is 0 Å². The van der Waals surface area contributed by atoms with Gasteiger partial charge >= 0.3 is 0 Å². The summed E-state index contributed by atoms with van der Waals surface area (Å²) in [4.78, 5) is 8.21. The zero-order valence-corrected chi connectivity index (χ0v) is 11.1. The minimum Gasteiger partial charge on any atom is -0.246 e. The number of aromatic nitrogens is 4. The summed E-state index contributed by atoms with van der Waals surface area (Å²) < 4.78 is 2.90. The predicted octanol–water partition coefficient (Wildman–Crippen LogP) is 2.22. The summed E-state index contributed by atoms with van der Waals surface area (Å²) in [5.74, 6) is 0. The second-order valence-electron chi connectivity index (χ2n) is 2.82. The molecule has 14 heavy (non-hydrogen) atoms. The molecule has 0 aliphatic heterocycles. The van der Waals surface area contributed by atoms with Gasteiger partial charge < -0.3 is 0 Å². The highest BCUT2D eigenvalue weighted by Crippen LogP contribution is 2.16. The van der Waals surface area contributed by atoms with Gasteiger partial charge in [0.1, 0.15) is 10.0 Å². The zero-order valence-electron chi connectivity index (χ0n) is 7.32. The van der Waals surface area contributed by atoms with Crippen LogP contribution >= 0.6 is 38.5 Å². The van der Waals surface area contributed by atoms with Gasteiger partial charge in [0.2, 0.25) is 0 Å². The Bertz CT molecular complexity index is 442. The van der Waals surface area contributed by atoms with E-state index in [1.165, 1.54) is 0 Å². The number of hydrogen-bond donors (Lipinski definition) is 0. The molecule has 0 unspecified atom stereocenters. The molecule has 0 aromatic carbocycles. The first-order valence-electron chi connectivity index (χ1n) is 4.21. The van der Waals surface area contributed by atoms with Crippen molar-refractivity contribution in [2.24, 2.45) is 0 Å². The Morgan fingerprint density at radius 3 is 3.14 bits per heavy atom. The summed E-state index contributed by atoms with van der Waals surface area (Å²) in [6, 6.07) is 0. The summed E-state index contributed by atoms with van der Waals surface area (Å²) in [6.45, 7) is 0.891. The van der Waals surface area contributed by atoms with Crippen LogP contribution in [0.5, 0.6) is 0 Å². The molecule has 0 aliphatic rings. The molecule has 2 aromatic heterocycles. The van der Waals surface area contributed by atoms with Crippen molar-refractivity contribution < 1.29 is 0 Å². The Kier molecular flexibility index (Phi) is 3.32. The summed E-state index contributed by atoms with van der Waals surface area (Å²) in [7, 11) is 0. The maximum atomic E-state index is 4.41. The molecular weight excluding hydrogens is 359 g/mol. The molecule has 4 nitrogen and oxygen atoms in total. The van der Waals surface area contributed by atoms with Crippen LogP contribution in [-0.4, -0.2) is 25.1 Å². The monoisotopic (exact) mass is 366 g/mol. The van der Waals surface area contributed by atoms with Crippen LogP contribution in [0.4, 0.5) is 0 Å². The minimum atomic E-state index is 0.891. The molecule has 74 valence electrons. The standard InChI is InChI=1S/C8H8BrIN4/c9-2-1-3-14-8-6(7(10)13-14)4-11-5-12-8/h4-5H,1-3H2. The lowest BCUT2D eigenvalue weighted by molar-refractivity contribution is 0.618. The Hall–Kier alpha value is -0.240. The zero-order chi connectivity index (χ0) is 9.97. The largest absolute Gasteiger partial charge is 0.246 e. The van der Waals surface area contributed by atoms with Crippen LogP contribution in [0, 0.1) is 3.70 Å². The first-order chi connectivity index (χ1) is 6.83. The van der Waals surface area contributed by atoms with E-state index >= 15 is 0 Å². The number of rotatable bonds is 3. The number of aryl methyl sites for hydroxylation is 1. The molecule has 0 radical (unpaired) electrons. The number of halogens is 2. The molecule has 0 amide bonds. The van der Waals surface area contributed by atoms with Gasteiger partial charge in [-0.25, -0.2) is 14.6 Å². The first kappa shape index (κ1) is 10.3. The Morgan fingerprint density at radius 2 is 2.36 bits per heavy atom. The Labute approximate surface area is 103 Å². The summed E-state index contributed by atoms with van der Waals surface area (Å²) in [5, 5.41) is 6.42. The van der Waals surface area contributed by atoms with E-state index in [4.69, 9.17) is 0 Å². The molecule has 2 rings (SSSR count). The molecule has 0 bridgehead atoms. The molecule has 2 heterocycles. The first-order valence-corrected chi connectivity index (χ1v) is 6.41. The lowest BCUT2D eigenvalue weighted by atomic mass is 10.4. The quantitative estimate of drug-likeness (QED) is 0.618. The van der Waals surface area contributed by atoms with E-state index in [1.54, 1.807) is 6.33 Å². The normalized spacial score (nSPS) is 11.0. The van der Waals surface area contributed by atoms with Crippen molar-refractivity contribution in [3.63, 3.8) is 0 Å². The molecule has 0 fully saturated rings. The van der Waals surface area contributed by atoms with Gasteiger partial charge in [-0.3, -0.25) is 0 Å². The fraction of sp³-hybridized carbons (Fsp3) is 0.375. The molecule has 2 aromatic rings. The molecule has 0 spiro atoms.